The molecule has 0 amide bonds. The van der Waals surface area contributed by atoms with Crippen LogP contribution in [0.4, 0.5) is 0 Å². The van der Waals surface area contributed by atoms with Crippen molar-refractivity contribution in [3.05, 3.63) is 36.4 Å². The van der Waals surface area contributed by atoms with Crippen molar-refractivity contribution >= 4 is 11.8 Å². The van der Waals surface area contributed by atoms with E-state index in [9.17, 15) is 0 Å². The fourth-order valence-electron chi connectivity index (χ4n) is 2.73. The van der Waals surface area contributed by atoms with Crippen molar-refractivity contribution in [2.75, 3.05) is 25.4 Å². The molecule has 1 aliphatic rings. The molecule has 0 bridgehead atoms. The van der Waals surface area contributed by atoms with Gasteiger partial charge in [0, 0.05) is 56.6 Å². The molecule has 0 aliphatic carbocycles. The van der Waals surface area contributed by atoms with Gasteiger partial charge in [-0.15, -0.1) is 0 Å². The van der Waals surface area contributed by atoms with Gasteiger partial charge in [-0.05, 0) is 18.2 Å². The summed E-state index contributed by atoms with van der Waals surface area (Å²) in [5.41, 5.74) is 1.16. The quantitative estimate of drug-likeness (QED) is 0.596. The Morgan fingerprint density at radius 3 is 2.96 bits per heavy atom. The van der Waals surface area contributed by atoms with Gasteiger partial charge < -0.3 is 4.74 Å². The summed E-state index contributed by atoms with van der Waals surface area (Å²) in [4.78, 5) is 11.3. The van der Waals surface area contributed by atoms with Crippen LogP contribution in [0.3, 0.4) is 0 Å². The lowest BCUT2D eigenvalue weighted by Gasteiger charge is -2.23. The van der Waals surface area contributed by atoms with Crippen molar-refractivity contribution in [1.29, 1.82) is 0 Å². The van der Waals surface area contributed by atoms with Crippen LogP contribution in [-0.2, 0) is 17.8 Å². The second-order valence-corrected chi connectivity index (χ2v) is 6.85. The fourth-order valence-corrected chi connectivity index (χ4v) is 3.24. The van der Waals surface area contributed by atoms with Crippen LogP contribution in [0.1, 0.15) is 18.9 Å². The first kappa shape index (κ1) is 16.4. The van der Waals surface area contributed by atoms with E-state index < -0.39 is 0 Å². The first-order chi connectivity index (χ1) is 11.3. The number of thioether (sulfide) groups is 1. The van der Waals surface area contributed by atoms with Gasteiger partial charge in [0.05, 0.1) is 12.6 Å². The summed E-state index contributed by atoms with van der Waals surface area (Å²) < 4.78 is 7.90. The molecular weight excluding hydrogens is 310 g/mol. The van der Waals surface area contributed by atoms with Crippen LogP contribution in [0, 0.1) is 0 Å². The Morgan fingerprint density at radius 2 is 2.22 bits per heavy atom. The zero-order valence-electron chi connectivity index (χ0n) is 13.5. The highest BCUT2D eigenvalue weighted by molar-refractivity contribution is 7.99. The minimum absolute atomic E-state index is 0.174. The standard InChI is InChI=1S/C16H23N5OS/c1-2-23-16-17-9-14(10-18-16)11-20-6-4-8-22-15(12-20)13-21-7-3-5-19-21/h3,5,7,9-10,15H,2,4,6,8,11-13H2,1H3. The molecule has 6 nitrogen and oxygen atoms in total. The number of hydrogen-bond donors (Lipinski definition) is 0. The van der Waals surface area contributed by atoms with Gasteiger partial charge >= 0.3 is 0 Å². The normalized spacial score (nSPS) is 19.6. The molecule has 1 fully saturated rings. The fraction of sp³-hybridized carbons (Fsp3) is 0.562. The van der Waals surface area contributed by atoms with Crippen molar-refractivity contribution in [3.63, 3.8) is 0 Å². The maximum absolute atomic E-state index is 5.96. The van der Waals surface area contributed by atoms with Crippen LogP contribution in [0.2, 0.25) is 0 Å². The second kappa shape index (κ2) is 8.42. The molecule has 1 saturated heterocycles. The summed E-state index contributed by atoms with van der Waals surface area (Å²) in [6.45, 7) is 6.54. The third-order valence-electron chi connectivity index (χ3n) is 3.75. The Balaban J connectivity index is 1.57. The lowest BCUT2D eigenvalue weighted by Crippen LogP contribution is -2.34. The molecule has 7 heteroatoms. The van der Waals surface area contributed by atoms with E-state index in [-0.39, 0.29) is 6.10 Å². The lowest BCUT2D eigenvalue weighted by molar-refractivity contribution is 0.0391. The van der Waals surface area contributed by atoms with Gasteiger partial charge in [0.2, 0.25) is 0 Å². The van der Waals surface area contributed by atoms with E-state index in [1.807, 2.05) is 35.5 Å². The average molecular weight is 333 g/mol. The van der Waals surface area contributed by atoms with Crippen molar-refractivity contribution in [2.45, 2.75) is 37.7 Å². The van der Waals surface area contributed by atoms with Crippen LogP contribution in [0.25, 0.3) is 0 Å². The van der Waals surface area contributed by atoms with Crippen molar-refractivity contribution < 1.29 is 4.74 Å². The number of nitrogens with zero attached hydrogens (tertiary/aromatic N) is 5. The Hall–Kier alpha value is -1.44. The van der Waals surface area contributed by atoms with E-state index in [0.717, 1.165) is 55.7 Å². The maximum atomic E-state index is 5.96. The summed E-state index contributed by atoms with van der Waals surface area (Å²) in [5.74, 6) is 0.998. The van der Waals surface area contributed by atoms with Crippen molar-refractivity contribution in [3.8, 4) is 0 Å². The first-order valence-electron chi connectivity index (χ1n) is 8.08. The predicted molar refractivity (Wildman–Crippen MR) is 90.3 cm³/mol. The molecule has 1 unspecified atom stereocenters. The molecule has 1 aliphatic heterocycles. The van der Waals surface area contributed by atoms with E-state index in [2.05, 4.69) is 26.9 Å². The molecule has 0 spiro atoms. The molecule has 1 atom stereocenters. The number of aromatic nitrogens is 4. The highest BCUT2D eigenvalue weighted by Crippen LogP contribution is 2.14. The van der Waals surface area contributed by atoms with E-state index in [1.54, 1.807) is 11.8 Å². The van der Waals surface area contributed by atoms with Crippen LogP contribution in [0.15, 0.2) is 36.0 Å². The second-order valence-electron chi connectivity index (χ2n) is 5.62. The molecule has 3 rings (SSSR count). The summed E-state index contributed by atoms with van der Waals surface area (Å²) in [5, 5.41) is 5.13. The van der Waals surface area contributed by atoms with Gasteiger partial charge in [-0.3, -0.25) is 9.58 Å². The van der Waals surface area contributed by atoms with Crippen LogP contribution >= 0.6 is 11.8 Å². The highest BCUT2D eigenvalue weighted by atomic mass is 32.2. The molecule has 0 radical (unpaired) electrons. The predicted octanol–water partition coefficient (Wildman–Crippen LogP) is 2.08. The monoisotopic (exact) mass is 333 g/mol. The molecule has 0 saturated carbocycles. The van der Waals surface area contributed by atoms with E-state index in [1.165, 1.54) is 0 Å². The van der Waals surface area contributed by atoms with Crippen LogP contribution < -0.4 is 0 Å². The molecule has 2 aromatic heterocycles. The van der Waals surface area contributed by atoms with Gasteiger partial charge in [0.15, 0.2) is 5.16 Å². The van der Waals surface area contributed by atoms with E-state index >= 15 is 0 Å². The Labute approximate surface area is 141 Å². The first-order valence-corrected chi connectivity index (χ1v) is 9.07. The van der Waals surface area contributed by atoms with Crippen LogP contribution in [-0.4, -0.2) is 56.2 Å². The van der Waals surface area contributed by atoms with Gasteiger partial charge in [0.25, 0.3) is 0 Å². The van der Waals surface area contributed by atoms with Crippen molar-refractivity contribution in [1.82, 2.24) is 24.6 Å². The third-order valence-corrected chi connectivity index (χ3v) is 4.50. The summed E-state index contributed by atoms with van der Waals surface area (Å²) in [6.07, 6.45) is 8.91. The molecule has 0 aromatic carbocycles. The summed E-state index contributed by atoms with van der Waals surface area (Å²) >= 11 is 1.67. The van der Waals surface area contributed by atoms with Gasteiger partial charge in [-0.1, -0.05) is 18.7 Å². The Morgan fingerprint density at radius 1 is 1.35 bits per heavy atom. The van der Waals surface area contributed by atoms with E-state index in [0.29, 0.717) is 0 Å². The van der Waals surface area contributed by atoms with Gasteiger partial charge in [-0.25, -0.2) is 9.97 Å². The van der Waals surface area contributed by atoms with E-state index in [4.69, 9.17) is 4.74 Å². The SMILES string of the molecule is CCSc1ncc(CN2CCCOC(Cn3cccn3)C2)cn1. The Bertz CT molecular complexity index is 575. The smallest absolute Gasteiger partial charge is 0.187 e. The summed E-state index contributed by atoms with van der Waals surface area (Å²) in [6, 6.07) is 1.95. The average Bonchev–Trinajstić information content (AvgIpc) is 2.96. The van der Waals surface area contributed by atoms with Gasteiger partial charge in [0.1, 0.15) is 0 Å². The minimum Gasteiger partial charge on any atom is -0.375 e. The number of hydrogen-bond acceptors (Lipinski definition) is 6. The maximum Gasteiger partial charge on any atom is 0.187 e. The third kappa shape index (κ3) is 5.02. The highest BCUT2D eigenvalue weighted by Gasteiger charge is 2.19. The molecule has 3 heterocycles. The topological polar surface area (TPSA) is 56.1 Å². The van der Waals surface area contributed by atoms with Crippen LogP contribution in [0.5, 0.6) is 0 Å². The largest absolute Gasteiger partial charge is 0.375 e. The van der Waals surface area contributed by atoms with Crippen molar-refractivity contribution in [2.24, 2.45) is 0 Å². The molecular formula is C16H23N5OS. The lowest BCUT2D eigenvalue weighted by atomic mass is 10.2. The molecule has 23 heavy (non-hydrogen) atoms. The van der Waals surface area contributed by atoms with Gasteiger partial charge in [-0.2, -0.15) is 5.10 Å². The number of ether oxygens (including phenoxy) is 1. The number of rotatable bonds is 6. The molecule has 2 aromatic rings. The Kier molecular flexibility index (Phi) is 6.01. The summed E-state index contributed by atoms with van der Waals surface area (Å²) in [7, 11) is 0. The zero-order valence-corrected chi connectivity index (χ0v) is 14.3. The molecule has 0 N–H and O–H groups in total. The minimum atomic E-state index is 0.174. The molecule has 124 valence electrons. The zero-order chi connectivity index (χ0) is 15.9.